The molecule has 0 aliphatic carbocycles. The molecule has 0 radical (unpaired) electrons. The number of benzene rings is 2. The van der Waals surface area contributed by atoms with E-state index in [-0.39, 0.29) is 11.8 Å². The van der Waals surface area contributed by atoms with Crippen molar-refractivity contribution in [3.05, 3.63) is 77.3 Å². The average molecular weight is 301 g/mol. The average Bonchev–Trinajstić information content (AvgIpc) is 2.87. The molecule has 1 atom stereocenters. The third kappa shape index (κ3) is 1.84. The second-order valence-corrected chi connectivity index (χ2v) is 5.63. The fraction of sp³-hybridized carbons (Fsp3) is 0.105. The quantitative estimate of drug-likeness (QED) is 0.749. The minimum atomic E-state index is -0.220. The molecule has 1 aliphatic rings. The van der Waals surface area contributed by atoms with Crippen molar-refractivity contribution in [3.8, 4) is 11.8 Å². The third-order valence-corrected chi connectivity index (χ3v) is 4.40. The van der Waals surface area contributed by atoms with Gasteiger partial charge in [-0.15, -0.1) is 0 Å². The molecule has 23 heavy (non-hydrogen) atoms. The van der Waals surface area contributed by atoms with E-state index in [1.165, 1.54) is 0 Å². The van der Waals surface area contributed by atoms with Crippen molar-refractivity contribution in [1.29, 1.82) is 5.26 Å². The molecule has 2 N–H and O–H groups in total. The number of ether oxygens (including phenoxy) is 1. The van der Waals surface area contributed by atoms with Crippen LogP contribution in [0.25, 0.3) is 10.9 Å². The summed E-state index contributed by atoms with van der Waals surface area (Å²) in [6.07, 6.45) is 0. The Kier molecular flexibility index (Phi) is 2.88. The lowest BCUT2D eigenvalue weighted by molar-refractivity contribution is 0.394. The number of nitrogens with zero attached hydrogens (tertiary/aromatic N) is 2. The molecule has 2 heterocycles. The highest BCUT2D eigenvalue weighted by Gasteiger charge is 2.34. The van der Waals surface area contributed by atoms with Crippen molar-refractivity contribution in [2.45, 2.75) is 5.92 Å². The maximum Gasteiger partial charge on any atom is 0.205 e. The normalized spacial score (nSPS) is 16.8. The first-order valence-electron chi connectivity index (χ1n) is 7.42. The standard InChI is InChI=1S/C19H15N3O/c1-22-15-10-6-5-9-13(15)18-17(22)16(12-7-3-2-4-8-12)14(11-20)19(21)23-18/h2-10,16H,21H2,1H3/t16-/m1/s1. The van der Waals surface area contributed by atoms with Crippen LogP contribution in [-0.4, -0.2) is 4.57 Å². The minimum absolute atomic E-state index is 0.185. The van der Waals surface area contributed by atoms with Gasteiger partial charge in [0, 0.05) is 12.4 Å². The van der Waals surface area contributed by atoms with Crippen LogP contribution in [0.15, 0.2) is 66.1 Å². The van der Waals surface area contributed by atoms with Crippen molar-refractivity contribution < 1.29 is 4.74 Å². The van der Waals surface area contributed by atoms with E-state index in [2.05, 4.69) is 10.6 Å². The Morgan fingerprint density at radius 2 is 1.78 bits per heavy atom. The molecule has 0 unspecified atom stereocenters. The number of rotatable bonds is 1. The number of hydrogen-bond donors (Lipinski definition) is 1. The first-order valence-corrected chi connectivity index (χ1v) is 7.42. The van der Waals surface area contributed by atoms with E-state index < -0.39 is 0 Å². The van der Waals surface area contributed by atoms with Crippen molar-refractivity contribution >= 4 is 10.9 Å². The molecule has 4 heteroatoms. The molecule has 1 aliphatic heterocycles. The lowest BCUT2D eigenvalue weighted by atomic mass is 9.87. The van der Waals surface area contributed by atoms with Gasteiger partial charge >= 0.3 is 0 Å². The van der Waals surface area contributed by atoms with E-state index in [0.717, 1.165) is 27.9 Å². The fourth-order valence-corrected chi connectivity index (χ4v) is 3.34. The minimum Gasteiger partial charge on any atom is -0.438 e. The Hall–Kier alpha value is -3.19. The number of aryl methyl sites for hydroxylation is 1. The van der Waals surface area contributed by atoms with Crippen LogP contribution in [0.2, 0.25) is 0 Å². The van der Waals surface area contributed by atoms with E-state index in [9.17, 15) is 5.26 Å². The molecule has 4 rings (SSSR count). The van der Waals surface area contributed by atoms with E-state index in [1.807, 2.05) is 61.6 Å². The van der Waals surface area contributed by atoms with E-state index in [1.54, 1.807) is 0 Å². The zero-order valence-electron chi connectivity index (χ0n) is 12.7. The Labute approximate surface area is 134 Å². The summed E-state index contributed by atoms with van der Waals surface area (Å²) < 4.78 is 7.92. The molecule has 0 fully saturated rings. The topological polar surface area (TPSA) is 64.0 Å². The highest BCUT2D eigenvalue weighted by Crippen LogP contribution is 2.46. The lowest BCUT2D eigenvalue weighted by Crippen LogP contribution is -2.22. The zero-order valence-corrected chi connectivity index (χ0v) is 12.7. The Bertz CT molecular complexity index is 977. The predicted octanol–water partition coefficient (Wildman–Crippen LogP) is 3.40. The number of fused-ring (bicyclic) bond motifs is 3. The fourth-order valence-electron chi connectivity index (χ4n) is 3.34. The Balaban J connectivity index is 2.08. The molecule has 3 aromatic rings. The number of aromatic nitrogens is 1. The van der Waals surface area contributed by atoms with Gasteiger partial charge in [0.05, 0.1) is 17.1 Å². The molecule has 0 saturated carbocycles. The lowest BCUT2D eigenvalue weighted by Gasteiger charge is -2.25. The highest BCUT2D eigenvalue weighted by molar-refractivity contribution is 5.90. The Morgan fingerprint density at radius 3 is 2.52 bits per heavy atom. The van der Waals surface area contributed by atoms with Crippen molar-refractivity contribution in [2.24, 2.45) is 12.8 Å². The molecule has 2 aromatic carbocycles. The maximum absolute atomic E-state index is 9.61. The molecular formula is C19H15N3O. The van der Waals surface area contributed by atoms with E-state index in [4.69, 9.17) is 10.5 Å². The monoisotopic (exact) mass is 301 g/mol. The van der Waals surface area contributed by atoms with Gasteiger partial charge in [0.2, 0.25) is 5.88 Å². The summed E-state index contributed by atoms with van der Waals surface area (Å²) in [5.41, 5.74) is 9.56. The van der Waals surface area contributed by atoms with E-state index >= 15 is 0 Å². The summed E-state index contributed by atoms with van der Waals surface area (Å²) in [5, 5.41) is 10.6. The molecule has 0 amide bonds. The number of hydrogen-bond acceptors (Lipinski definition) is 3. The van der Waals surface area contributed by atoms with Gasteiger partial charge in [0.25, 0.3) is 0 Å². The van der Waals surface area contributed by atoms with Crippen LogP contribution >= 0.6 is 0 Å². The van der Waals surface area contributed by atoms with Crippen LogP contribution in [0.3, 0.4) is 0 Å². The molecule has 0 bridgehead atoms. The van der Waals surface area contributed by atoms with Crippen LogP contribution in [-0.2, 0) is 7.05 Å². The van der Waals surface area contributed by atoms with Crippen LogP contribution in [0.5, 0.6) is 5.75 Å². The summed E-state index contributed by atoms with van der Waals surface area (Å²) in [7, 11) is 2.00. The van der Waals surface area contributed by atoms with Gasteiger partial charge in [0.1, 0.15) is 11.6 Å². The summed E-state index contributed by atoms with van der Waals surface area (Å²) in [4.78, 5) is 0. The van der Waals surface area contributed by atoms with Crippen LogP contribution in [0.4, 0.5) is 0 Å². The van der Waals surface area contributed by atoms with Crippen molar-refractivity contribution in [2.75, 3.05) is 0 Å². The summed E-state index contributed by atoms with van der Waals surface area (Å²) in [6, 6.07) is 20.2. The second kappa shape index (κ2) is 4.92. The van der Waals surface area contributed by atoms with Gasteiger partial charge in [-0.2, -0.15) is 5.26 Å². The largest absolute Gasteiger partial charge is 0.438 e. The van der Waals surface area contributed by atoms with Crippen LogP contribution < -0.4 is 10.5 Å². The highest BCUT2D eigenvalue weighted by atomic mass is 16.5. The van der Waals surface area contributed by atoms with Gasteiger partial charge in [0.15, 0.2) is 5.75 Å². The number of allylic oxidation sites excluding steroid dienone is 1. The predicted molar refractivity (Wildman–Crippen MR) is 88.7 cm³/mol. The number of nitrogens with two attached hydrogens (primary N) is 1. The van der Waals surface area contributed by atoms with Gasteiger partial charge in [-0.3, -0.25) is 0 Å². The smallest absolute Gasteiger partial charge is 0.205 e. The SMILES string of the molecule is Cn1c2c(c3ccccc31)OC(N)=C(C#N)[C@H]2c1ccccc1. The molecule has 0 saturated heterocycles. The summed E-state index contributed by atoms with van der Waals surface area (Å²) in [5.74, 6) is 0.709. The molecular weight excluding hydrogens is 286 g/mol. The number of nitriles is 1. The van der Waals surface area contributed by atoms with Crippen molar-refractivity contribution in [1.82, 2.24) is 4.57 Å². The molecule has 1 aromatic heterocycles. The van der Waals surface area contributed by atoms with Gasteiger partial charge in [-0.25, -0.2) is 0 Å². The van der Waals surface area contributed by atoms with Crippen LogP contribution in [0.1, 0.15) is 17.2 Å². The first-order chi connectivity index (χ1) is 11.2. The Morgan fingerprint density at radius 1 is 1.09 bits per heavy atom. The van der Waals surface area contributed by atoms with Gasteiger partial charge in [-0.05, 0) is 17.7 Å². The summed E-state index contributed by atoms with van der Waals surface area (Å²) >= 11 is 0. The zero-order chi connectivity index (χ0) is 16.0. The number of para-hydroxylation sites is 1. The molecule has 0 spiro atoms. The first kappa shape index (κ1) is 13.5. The second-order valence-electron chi connectivity index (χ2n) is 5.63. The van der Waals surface area contributed by atoms with Gasteiger partial charge in [-0.1, -0.05) is 42.5 Å². The van der Waals surface area contributed by atoms with E-state index in [0.29, 0.717) is 5.57 Å². The maximum atomic E-state index is 9.61. The molecule has 112 valence electrons. The summed E-state index contributed by atoms with van der Waals surface area (Å²) in [6.45, 7) is 0. The van der Waals surface area contributed by atoms with Crippen LogP contribution in [0, 0.1) is 11.3 Å². The van der Waals surface area contributed by atoms with Crippen molar-refractivity contribution in [3.63, 3.8) is 0 Å². The molecule has 4 nitrogen and oxygen atoms in total. The third-order valence-electron chi connectivity index (χ3n) is 4.40. The van der Waals surface area contributed by atoms with Gasteiger partial charge < -0.3 is 15.0 Å².